The van der Waals surface area contributed by atoms with Gasteiger partial charge in [0.15, 0.2) is 0 Å². The molecule has 2 aromatic rings. The van der Waals surface area contributed by atoms with Gasteiger partial charge in [0.2, 0.25) is 5.82 Å². The molecule has 7 heteroatoms. The van der Waals surface area contributed by atoms with Crippen LogP contribution in [0.3, 0.4) is 0 Å². The third-order valence-corrected chi connectivity index (χ3v) is 2.41. The molecule has 1 heterocycles. The first-order chi connectivity index (χ1) is 8.58. The zero-order valence-electron chi connectivity index (χ0n) is 9.50. The number of aromatic amines is 1. The third kappa shape index (κ3) is 2.84. The normalized spacial score (nSPS) is 10.4. The molecule has 0 radical (unpaired) electrons. The second-order valence-electron chi connectivity index (χ2n) is 3.57. The first-order valence-electron chi connectivity index (χ1n) is 5.27. The lowest BCUT2D eigenvalue weighted by atomic mass is 10.3. The van der Waals surface area contributed by atoms with E-state index in [9.17, 15) is 9.18 Å². The van der Waals surface area contributed by atoms with Gasteiger partial charge in [0.05, 0.1) is 0 Å². The van der Waals surface area contributed by atoms with E-state index in [0.29, 0.717) is 12.2 Å². The minimum atomic E-state index is -0.526. The Hall–Kier alpha value is -1.95. The molecule has 2 rings (SSSR count). The van der Waals surface area contributed by atoms with Gasteiger partial charge in [0.25, 0.3) is 5.91 Å². The minimum absolute atomic E-state index is 0.00670. The van der Waals surface area contributed by atoms with E-state index in [0.717, 1.165) is 12.1 Å². The van der Waals surface area contributed by atoms with Crippen molar-refractivity contribution in [1.29, 1.82) is 0 Å². The fraction of sp³-hybridized carbons (Fsp3) is 0.182. The quantitative estimate of drug-likeness (QED) is 0.898. The Morgan fingerprint density at radius 2 is 2.28 bits per heavy atom. The number of hydrogen-bond donors (Lipinski definition) is 2. The summed E-state index contributed by atoms with van der Waals surface area (Å²) in [5.41, 5.74) is 0.257. The Balaban J connectivity index is 2.15. The number of carbonyl (C=O) groups excluding carboxylic acids is 1. The van der Waals surface area contributed by atoms with Crippen LogP contribution in [0.15, 0.2) is 18.2 Å². The van der Waals surface area contributed by atoms with E-state index in [1.54, 1.807) is 0 Å². The highest BCUT2D eigenvalue weighted by molar-refractivity contribution is 6.31. The molecule has 0 atom stereocenters. The molecule has 94 valence electrons. The number of halogens is 2. The van der Waals surface area contributed by atoms with Crippen molar-refractivity contribution in [3.63, 3.8) is 0 Å². The smallest absolute Gasteiger partial charge is 0.295 e. The summed E-state index contributed by atoms with van der Waals surface area (Å²) in [5.74, 6) is -0.431. The van der Waals surface area contributed by atoms with E-state index < -0.39 is 11.7 Å². The summed E-state index contributed by atoms with van der Waals surface area (Å²) in [7, 11) is 0. The van der Waals surface area contributed by atoms with Crippen LogP contribution in [0.4, 0.5) is 10.1 Å². The summed E-state index contributed by atoms with van der Waals surface area (Å²) in [4.78, 5) is 15.7. The largest absolute Gasteiger partial charge is 0.319 e. The number of nitrogens with zero attached hydrogens (tertiary/aromatic N) is 2. The SMILES string of the molecule is CCc1nc(C(=O)Nc2cc(F)cc(Cl)c2)n[nH]1. The topological polar surface area (TPSA) is 70.7 Å². The molecule has 0 unspecified atom stereocenters. The van der Waals surface area contributed by atoms with E-state index in [1.165, 1.54) is 6.07 Å². The van der Waals surface area contributed by atoms with Gasteiger partial charge in [-0.15, -0.1) is 5.10 Å². The Bertz CT molecular complexity index is 564. The highest BCUT2D eigenvalue weighted by atomic mass is 35.5. The number of H-pyrrole nitrogens is 1. The molecule has 0 saturated heterocycles. The Labute approximate surface area is 107 Å². The standard InChI is InChI=1S/C11H10ClFN4O/c1-2-9-15-10(17-16-9)11(18)14-8-4-6(12)3-7(13)5-8/h3-5H,2H2,1H3,(H,14,18)(H,15,16,17). The second kappa shape index (κ2) is 5.14. The molecule has 0 saturated carbocycles. The van der Waals surface area contributed by atoms with Crippen LogP contribution in [0.25, 0.3) is 0 Å². The summed E-state index contributed by atoms with van der Waals surface area (Å²) < 4.78 is 13.1. The lowest BCUT2D eigenvalue weighted by molar-refractivity contribution is 0.101. The van der Waals surface area contributed by atoms with E-state index in [2.05, 4.69) is 20.5 Å². The molecule has 1 aromatic heterocycles. The van der Waals surface area contributed by atoms with Crippen LogP contribution < -0.4 is 5.32 Å². The number of benzene rings is 1. The van der Waals surface area contributed by atoms with Gasteiger partial charge < -0.3 is 5.32 Å². The van der Waals surface area contributed by atoms with Gasteiger partial charge in [-0.25, -0.2) is 9.37 Å². The number of hydrogen-bond acceptors (Lipinski definition) is 3. The maximum absolute atomic E-state index is 13.1. The Morgan fingerprint density at radius 3 is 2.89 bits per heavy atom. The Kier molecular flexibility index (Phi) is 3.57. The predicted molar refractivity (Wildman–Crippen MR) is 65.1 cm³/mol. The van der Waals surface area contributed by atoms with Gasteiger partial charge in [0.1, 0.15) is 11.6 Å². The van der Waals surface area contributed by atoms with E-state index in [4.69, 9.17) is 11.6 Å². The van der Waals surface area contributed by atoms with Crippen molar-refractivity contribution in [1.82, 2.24) is 15.2 Å². The number of anilines is 1. The number of nitrogens with one attached hydrogen (secondary N) is 2. The average Bonchev–Trinajstić information content (AvgIpc) is 2.75. The van der Waals surface area contributed by atoms with Gasteiger partial charge in [0, 0.05) is 17.1 Å². The lowest BCUT2D eigenvalue weighted by Gasteiger charge is -2.03. The monoisotopic (exact) mass is 268 g/mol. The number of aryl methyl sites for hydroxylation is 1. The molecule has 18 heavy (non-hydrogen) atoms. The maximum atomic E-state index is 13.1. The van der Waals surface area contributed by atoms with Crippen molar-refractivity contribution in [3.8, 4) is 0 Å². The van der Waals surface area contributed by atoms with E-state index in [-0.39, 0.29) is 16.5 Å². The highest BCUT2D eigenvalue weighted by Crippen LogP contribution is 2.18. The molecule has 2 N–H and O–H groups in total. The summed E-state index contributed by atoms with van der Waals surface area (Å²) in [6.07, 6.45) is 0.645. The predicted octanol–water partition coefficient (Wildman–Crippen LogP) is 2.41. The van der Waals surface area contributed by atoms with E-state index >= 15 is 0 Å². The van der Waals surface area contributed by atoms with Crippen LogP contribution in [0.2, 0.25) is 5.02 Å². The summed E-state index contributed by atoms with van der Waals surface area (Å²) in [6, 6.07) is 3.76. The van der Waals surface area contributed by atoms with Crippen molar-refractivity contribution in [3.05, 3.63) is 40.7 Å². The zero-order chi connectivity index (χ0) is 13.1. The van der Waals surface area contributed by atoms with Crippen molar-refractivity contribution in [2.24, 2.45) is 0 Å². The first-order valence-corrected chi connectivity index (χ1v) is 5.65. The minimum Gasteiger partial charge on any atom is -0.319 e. The molecule has 1 amide bonds. The van der Waals surface area contributed by atoms with Crippen LogP contribution in [0.5, 0.6) is 0 Å². The molecule has 0 spiro atoms. The van der Waals surface area contributed by atoms with Crippen LogP contribution in [-0.2, 0) is 6.42 Å². The third-order valence-electron chi connectivity index (χ3n) is 2.19. The molecule has 1 aromatic carbocycles. The van der Waals surface area contributed by atoms with Gasteiger partial charge >= 0.3 is 0 Å². The van der Waals surface area contributed by atoms with Gasteiger partial charge in [-0.1, -0.05) is 18.5 Å². The van der Waals surface area contributed by atoms with Crippen molar-refractivity contribution in [2.75, 3.05) is 5.32 Å². The first kappa shape index (κ1) is 12.5. The fourth-order valence-electron chi connectivity index (χ4n) is 1.37. The number of amides is 1. The van der Waals surface area contributed by atoms with Gasteiger partial charge in [-0.2, -0.15) is 0 Å². The molecule has 0 aliphatic carbocycles. The van der Waals surface area contributed by atoms with Gasteiger partial charge in [-0.05, 0) is 18.2 Å². The maximum Gasteiger partial charge on any atom is 0.295 e. The molecule has 0 fully saturated rings. The zero-order valence-corrected chi connectivity index (χ0v) is 10.3. The molecule has 0 aliphatic heterocycles. The van der Waals surface area contributed by atoms with Crippen molar-refractivity contribution >= 4 is 23.2 Å². The molecular formula is C11H10ClFN4O. The Morgan fingerprint density at radius 1 is 1.50 bits per heavy atom. The molecule has 0 aliphatic rings. The molecular weight excluding hydrogens is 259 g/mol. The summed E-state index contributed by atoms with van der Waals surface area (Å²) in [5, 5.41) is 9.05. The average molecular weight is 269 g/mol. The highest BCUT2D eigenvalue weighted by Gasteiger charge is 2.12. The van der Waals surface area contributed by atoms with Crippen LogP contribution in [0, 0.1) is 5.82 Å². The summed E-state index contributed by atoms with van der Waals surface area (Å²) in [6.45, 7) is 1.88. The van der Waals surface area contributed by atoms with Crippen LogP contribution in [0.1, 0.15) is 23.4 Å². The van der Waals surface area contributed by atoms with Crippen LogP contribution >= 0.6 is 11.6 Å². The lowest BCUT2D eigenvalue weighted by Crippen LogP contribution is -2.14. The fourth-order valence-corrected chi connectivity index (χ4v) is 1.59. The number of carbonyl (C=O) groups is 1. The van der Waals surface area contributed by atoms with Crippen LogP contribution in [-0.4, -0.2) is 21.1 Å². The number of rotatable bonds is 3. The van der Waals surface area contributed by atoms with Gasteiger partial charge in [-0.3, -0.25) is 9.89 Å². The molecule has 0 bridgehead atoms. The summed E-state index contributed by atoms with van der Waals surface area (Å²) >= 11 is 5.68. The van der Waals surface area contributed by atoms with Crippen molar-refractivity contribution in [2.45, 2.75) is 13.3 Å². The van der Waals surface area contributed by atoms with Crippen molar-refractivity contribution < 1.29 is 9.18 Å². The van der Waals surface area contributed by atoms with E-state index in [1.807, 2.05) is 6.92 Å². The molecule has 5 nitrogen and oxygen atoms in total. The number of aromatic nitrogens is 3. The second-order valence-corrected chi connectivity index (χ2v) is 4.01.